The van der Waals surface area contributed by atoms with Gasteiger partial charge in [0.1, 0.15) is 5.75 Å². The molecule has 0 fully saturated rings. The molecule has 2 N–H and O–H groups in total. The van der Waals surface area contributed by atoms with E-state index in [0.717, 1.165) is 16.8 Å². The van der Waals surface area contributed by atoms with Crippen molar-refractivity contribution in [2.45, 2.75) is 6.92 Å². The zero-order chi connectivity index (χ0) is 13.2. The van der Waals surface area contributed by atoms with Crippen LogP contribution in [0.15, 0.2) is 54.6 Å². The normalized spacial score (nSPS) is 10.6. The molecule has 3 aromatic rings. The SMILES string of the molecule is Cc1ccc(N)c(Oc2ccc3ccccc3c2)n1. The quantitative estimate of drug-likeness (QED) is 0.750. The van der Waals surface area contributed by atoms with Crippen LogP contribution in [0.2, 0.25) is 0 Å². The molecule has 0 atom stereocenters. The molecule has 0 aliphatic rings. The lowest BCUT2D eigenvalue weighted by atomic mass is 10.1. The first-order chi connectivity index (χ1) is 9.22. The average molecular weight is 250 g/mol. The lowest BCUT2D eigenvalue weighted by molar-refractivity contribution is 0.465. The number of rotatable bonds is 2. The standard InChI is InChI=1S/C16H14N2O/c1-11-6-9-15(17)16(18-11)19-14-8-7-12-4-2-3-5-13(12)10-14/h2-10H,17H2,1H3. The summed E-state index contributed by atoms with van der Waals surface area (Å²) in [5, 5.41) is 2.31. The third-order valence-electron chi connectivity index (χ3n) is 2.96. The maximum Gasteiger partial charge on any atom is 0.242 e. The second-order valence-corrected chi connectivity index (χ2v) is 4.46. The molecule has 0 saturated carbocycles. The Bertz CT molecular complexity index is 738. The molecule has 0 bridgehead atoms. The zero-order valence-electron chi connectivity index (χ0n) is 10.6. The van der Waals surface area contributed by atoms with Gasteiger partial charge in [0.15, 0.2) is 0 Å². The molecule has 0 unspecified atom stereocenters. The van der Waals surface area contributed by atoms with Crippen molar-refractivity contribution in [3.8, 4) is 11.6 Å². The van der Waals surface area contributed by atoms with E-state index < -0.39 is 0 Å². The second-order valence-electron chi connectivity index (χ2n) is 4.46. The zero-order valence-corrected chi connectivity index (χ0v) is 10.6. The Kier molecular flexibility index (Phi) is 2.80. The van der Waals surface area contributed by atoms with Gasteiger partial charge in [-0.1, -0.05) is 30.3 Å². The number of nitrogens with two attached hydrogens (primary N) is 1. The predicted octanol–water partition coefficient (Wildman–Crippen LogP) is 3.92. The summed E-state index contributed by atoms with van der Waals surface area (Å²) in [4.78, 5) is 4.30. The van der Waals surface area contributed by atoms with Gasteiger partial charge in [-0.2, -0.15) is 0 Å². The van der Waals surface area contributed by atoms with Gasteiger partial charge in [-0.25, -0.2) is 4.98 Å². The van der Waals surface area contributed by atoms with Crippen LogP contribution in [0.5, 0.6) is 11.6 Å². The first kappa shape index (κ1) is 11.5. The molecular weight excluding hydrogens is 236 g/mol. The van der Waals surface area contributed by atoms with Crippen LogP contribution in [-0.2, 0) is 0 Å². The number of aryl methyl sites for hydroxylation is 1. The summed E-state index contributed by atoms with van der Waals surface area (Å²) in [5.74, 6) is 1.19. The molecule has 0 radical (unpaired) electrons. The van der Waals surface area contributed by atoms with Crippen LogP contribution in [0.25, 0.3) is 10.8 Å². The van der Waals surface area contributed by atoms with E-state index in [1.165, 1.54) is 5.39 Å². The highest BCUT2D eigenvalue weighted by atomic mass is 16.5. The van der Waals surface area contributed by atoms with E-state index in [4.69, 9.17) is 10.5 Å². The van der Waals surface area contributed by atoms with Crippen LogP contribution >= 0.6 is 0 Å². The van der Waals surface area contributed by atoms with E-state index in [0.29, 0.717) is 11.6 Å². The summed E-state index contributed by atoms with van der Waals surface area (Å²) in [6, 6.07) is 17.7. The summed E-state index contributed by atoms with van der Waals surface area (Å²) in [5.41, 5.74) is 7.28. The van der Waals surface area contributed by atoms with Gasteiger partial charge < -0.3 is 10.5 Å². The van der Waals surface area contributed by atoms with Crippen LogP contribution in [0.3, 0.4) is 0 Å². The molecule has 3 rings (SSSR count). The van der Waals surface area contributed by atoms with E-state index in [1.54, 1.807) is 6.07 Å². The molecule has 1 aromatic heterocycles. The van der Waals surface area contributed by atoms with Crippen molar-refractivity contribution in [3.05, 3.63) is 60.3 Å². The third-order valence-corrected chi connectivity index (χ3v) is 2.96. The van der Waals surface area contributed by atoms with Crippen LogP contribution in [-0.4, -0.2) is 4.98 Å². The minimum atomic E-state index is 0.454. The van der Waals surface area contributed by atoms with Crippen LogP contribution < -0.4 is 10.5 Å². The van der Waals surface area contributed by atoms with E-state index in [9.17, 15) is 0 Å². The first-order valence-electron chi connectivity index (χ1n) is 6.12. The summed E-state index contributed by atoms with van der Waals surface area (Å²) < 4.78 is 5.76. The maximum atomic E-state index is 5.86. The molecule has 3 heteroatoms. The number of ether oxygens (including phenoxy) is 1. The molecule has 0 spiro atoms. The summed E-state index contributed by atoms with van der Waals surface area (Å²) in [6.45, 7) is 1.91. The molecule has 3 nitrogen and oxygen atoms in total. The number of anilines is 1. The van der Waals surface area contributed by atoms with Crippen LogP contribution in [0, 0.1) is 6.92 Å². The molecule has 2 aromatic carbocycles. The molecular formula is C16H14N2O. The lowest BCUT2D eigenvalue weighted by Crippen LogP contribution is -1.96. The molecule has 19 heavy (non-hydrogen) atoms. The van der Waals surface area contributed by atoms with Crippen molar-refractivity contribution in [2.75, 3.05) is 5.73 Å². The van der Waals surface area contributed by atoms with Crippen molar-refractivity contribution < 1.29 is 4.74 Å². The number of aromatic nitrogens is 1. The largest absolute Gasteiger partial charge is 0.437 e. The highest BCUT2D eigenvalue weighted by molar-refractivity contribution is 5.83. The number of hydrogen-bond acceptors (Lipinski definition) is 3. The van der Waals surface area contributed by atoms with Crippen molar-refractivity contribution in [1.29, 1.82) is 0 Å². The maximum absolute atomic E-state index is 5.86. The highest BCUT2D eigenvalue weighted by Gasteiger charge is 2.05. The van der Waals surface area contributed by atoms with Gasteiger partial charge >= 0.3 is 0 Å². The summed E-state index contributed by atoms with van der Waals surface area (Å²) in [7, 11) is 0. The van der Waals surface area contributed by atoms with E-state index in [1.807, 2.05) is 43.3 Å². The molecule has 0 amide bonds. The molecule has 1 heterocycles. The van der Waals surface area contributed by atoms with E-state index in [-0.39, 0.29) is 0 Å². The summed E-state index contributed by atoms with van der Waals surface area (Å²) in [6.07, 6.45) is 0. The van der Waals surface area contributed by atoms with Crippen molar-refractivity contribution >= 4 is 16.5 Å². The fourth-order valence-corrected chi connectivity index (χ4v) is 1.97. The number of nitrogen functional groups attached to an aromatic ring is 1. The monoisotopic (exact) mass is 250 g/mol. The minimum Gasteiger partial charge on any atom is -0.437 e. The Morgan fingerprint density at radius 3 is 2.58 bits per heavy atom. The Morgan fingerprint density at radius 2 is 1.74 bits per heavy atom. The number of hydrogen-bond donors (Lipinski definition) is 1. The van der Waals surface area contributed by atoms with Gasteiger partial charge in [0.05, 0.1) is 5.69 Å². The molecule has 0 aliphatic heterocycles. The fraction of sp³-hybridized carbons (Fsp3) is 0.0625. The minimum absolute atomic E-state index is 0.454. The lowest BCUT2D eigenvalue weighted by Gasteiger charge is -2.08. The molecule has 0 saturated heterocycles. The Balaban J connectivity index is 1.98. The Morgan fingerprint density at radius 1 is 0.947 bits per heavy atom. The van der Waals surface area contributed by atoms with E-state index in [2.05, 4.69) is 17.1 Å². The number of nitrogens with zero attached hydrogens (tertiary/aromatic N) is 1. The van der Waals surface area contributed by atoms with Crippen molar-refractivity contribution in [1.82, 2.24) is 4.98 Å². The Hall–Kier alpha value is -2.55. The van der Waals surface area contributed by atoms with Gasteiger partial charge in [-0.05, 0) is 42.0 Å². The topological polar surface area (TPSA) is 48.1 Å². The third kappa shape index (κ3) is 2.36. The van der Waals surface area contributed by atoms with Gasteiger partial charge in [0.25, 0.3) is 0 Å². The van der Waals surface area contributed by atoms with Gasteiger partial charge in [-0.3, -0.25) is 0 Å². The molecule has 94 valence electrons. The van der Waals surface area contributed by atoms with Crippen LogP contribution in [0.1, 0.15) is 5.69 Å². The van der Waals surface area contributed by atoms with Crippen molar-refractivity contribution in [2.24, 2.45) is 0 Å². The number of fused-ring (bicyclic) bond motifs is 1. The second kappa shape index (κ2) is 4.61. The van der Waals surface area contributed by atoms with Gasteiger partial charge in [0, 0.05) is 5.69 Å². The smallest absolute Gasteiger partial charge is 0.242 e. The number of benzene rings is 2. The number of pyridine rings is 1. The van der Waals surface area contributed by atoms with Crippen molar-refractivity contribution in [3.63, 3.8) is 0 Å². The fourth-order valence-electron chi connectivity index (χ4n) is 1.97. The van der Waals surface area contributed by atoms with Gasteiger partial charge in [0.2, 0.25) is 5.88 Å². The van der Waals surface area contributed by atoms with E-state index >= 15 is 0 Å². The summed E-state index contributed by atoms with van der Waals surface area (Å²) >= 11 is 0. The first-order valence-corrected chi connectivity index (χ1v) is 6.12. The average Bonchev–Trinajstić information content (AvgIpc) is 2.43. The highest BCUT2D eigenvalue weighted by Crippen LogP contribution is 2.28. The molecule has 0 aliphatic carbocycles. The van der Waals surface area contributed by atoms with Gasteiger partial charge in [-0.15, -0.1) is 0 Å². The van der Waals surface area contributed by atoms with Crippen LogP contribution in [0.4, 0.5) is 5.69 Å². The predicted molar refractivity (Wildman–Crippen MR) is 77.4 cm³/mol. The Labute approximate surface area is 111 Å².